The van der Waals surface area contributed by atoms with E-state index in [1.807, 2.05) is 31.2 Å². The Morgan fingerprint density at radius 2 is 2.00 bits per heavy atom. The lowest BCUT2D eigenvalue weighted by atomic mass is 9.89. The van der Waals surface area contributed by atoms with Gasteiger partial charge in [-0.2, -0.15) is 9.50 Å². The Hall–Kier alpha value is -2.96. The number of aryl methyl sites for hydroxylation is 1. The molecule has 1 aromatic carbocycles. The Labute approximate surface area is 150 Å². The molecule has 1 fully saturated rings. The van der Waals surface area contributed by atoms with Gasteiger partial charge in [0.25, 0.3) is 5.56 Å². The van der Waals surface area contributed by atoms with Gasteiger partial charge in [-0.3, -0.25) is 14.6 Å². The van der Waals surface area contributed by atoms with Crippen LogP contribution in [0.15, 0.2) is 35.1 Å². The van der Waals surface area contributed by atoms with Crippen molar-refractivity contribution in [3.63, 3.8) is 0 Å². The summed E-state index contributed by atoms with van der Waals surface area (Å²) >= 11 is 0. The Bertz CT molecular complexity index is 1010. The first kappa shape index (κ1) is 16.5. The van der Waals surface area contributed by atoms with Crippen LogP contribution in [0.4, 0.5) is 5.82 Å². The van der Waals surface area contributed by atoms with Crippen molar-refractivity contribution >= 4 is 17.5 Å². The van der Waals surface area contributed by atoms with Crippen LogP contribution >= 0.6 is 0 Å². The van der Waals surface area contributed by atoms with Crippen LogP contribution in [-0.4, -0.2) is 25.5 Å². The standard InChI is InChI=1S/C19H21N5O2/c1-12-7-5-6-10-14(12)17-22-19-21-16(25)11-15(24(19)23-17)20-18(26)13-8-3-2-4-9-13/h5-7,10-11,13H,2-4,8-9H2,1H3,(H,20,26)(H,21,22,23,25). The summed E-state index contributed by atoms with van der Waals surface area (Å²) in [6.07, 6.45) is 5.11. The number of hydrogen-bond acceptors (Lipinski definition) is 4. The van der Waals surface area contributed by atoms with Crippen LogP contribution in [0.2, 0.25) is 0 Å². The van der Waals surface area contributed by atoms with Gasteiger partial charge in [-0.15, -0.1) is 5.10 Å². The lowest BCUT2D eigenvalue weighted by molar-refractivity contribution is -0.120. The van der Waals surface area contributed by atoms with Gasteiger partial charge in [-0.05, 0) is 25.3 Å². The van der Waals surface area contributed by atoms with E-state index in [1.54, 1.807) is 0 Å². The smallest absolute Gasteiger partial charge is 0.254 e. The molecule has 1 amide bonds. The molecule has 7 nitrogen and oxygen atoms in total. The fourth-order valence-electron chi connectivity index (χ4n) is 3.51. The molecule has 0 atom stereocenters. The SMILES string of the molecule is Cc1ccccc1-c1nc2[nH]c(=O)cc(NC(=O)C3CCCCC3)n2n1. The number of nitrogens with zero attached hydrogens (tertiary/aromatic N) is 3. The summed E-state index contributed by atoms with van der Waals surface area (Å²) in [6, 6.07) is 9.14. The molecule has 2 aromatic heterocycles. The van der Waals surface area contributed by atoms with Gasteiger partial charge in [0.15, 0.2) is 5.82 Å². The third-order valence-corrected chi connectivity index (χ3v) is 4.95. The van der Waals surface area contributed by atoms with E-state index >= 15 is 0 Å². The first-order valence-corrected chi connectivity index (χ1v) is 8.99. The van der Waals surface area contributed by atoms with Crippen molar-refractivity contribution in [2.24, 2.45) is 5.92 Å². The number of benzene rings is 1. The number of carbonyl (C=O) groups is 1. The van der Waals surface area contributed by atoms with Gasteiger partial charge in [-0.1, -0.05) is 43.5 Å². The van der Waals surface area contributed by atoms with Crippen LogP contribution in [0, 0.1) is 12.8 Å². The van der Waals surface area contributed by atoms with Crippen LogP contribution in [0.1, 0.15) is 37.7 Å². The van der Waals surface area contributed by atoms with E-state index in [-0.39, 0.29) is 17.4 Å². The second-order valence-corrected chi connectivity index (χ2v) is 6.83. The van der Waals surface area contributed by atoms with Crippen molar-refractivity contribution in [2.75, 3.05) is 5.32 Å². The minimum atomic E-state index is -0.319. The highest BCUT2D eigenvalue weighted by Gasteiger charge is 2.22. The summed E-state index contributed by atoms with van der Waals surface area (Å²) < 4.78 is 1.49. The number of aromatic nitrogens is 4. The summed E-state index contributed by atoms with van der Waals surface area (Å²) in [4.78, 5) is 31.7. The van der Waals surface area contributed by atoms with Crippen molar-refractivity contribution in [3.8, 4) is 11.4 Å². The summed E-state index contributed by atoms with van der Waals surface area (Å²) in [6.45, 7) is 1.98. The zero-order valence-corrected chi connectivity index (χ0v) is 14.7. The molecule has 0 aliphatic heterocycles. The van der Waals surface area contributed by atoms with E-state index in [0.29, 0.717) is 17.4 Å². The maximum atomic E-state index is 12.6. The van der Waals surface area contributed by atoms with E-state index in [1.165, 1.54) is 17.0 Å². The Balaban J connectivity index is 1.72. The molecule has 4 rings (SSSR count). The Kier molecular flexibility index (Phi) is 4.28. The van der Waals surface area contributed by atoms with Gasteiger partial charge in [-0.25, -0.2) is 0 Å². The predicted molar refractivity (Wildman–Crippen MR) is 99.0 cm³/mol. The first-order valence-electron chi connectivity index (χ1n) is 8.99. The second kappa shape index (κ2) is 6.74. The molecule has 0 unspecified atom stereocenters. The second-order valence-electron chi connectivity index (χ2n) is 6.83. The van der Waals surface area contributed by atoms with Crippen LogP contribution in [0.5, 0.6) is 0 Å². The lowest BCUT2D eigenvalue weighted by Gasteiger charge is -2.20. The Morgan fingerprint density at radius 3 is 2.77 bits per heavy atom. The molecule has 26 heavy (non-hydrogen) atoms. The number of anilines is 1. The van der Waals surface area contributed by atoms with Crippen molar-refractivity contribution in [3.05, 3.63) is 46.2 Å². The highest BCUT2D eigenvalue weighted by atomic mass is 16.2. The fraction of sp³-hybridized carbons (Fsp3) is 0.368. The molecule has 0 radical (unpaired) electrons. The maximum absolute atomic E-state index is 12.6. The fourth-order valence-corrected chi connectivity index (χ4v) is 3.51. The van der Waals surface area contributed by atoms with Gasteiger partial charge in [0.2, 0.25) is 11.7 Å². The Morgan fingerprint density at radius 1 is 1.23 bits per heavy atom. The number of amides is 1. The highest BCUT2D eigenvalue weighted by molar-refractivity contribution is 5.92. The van der Waals surface area contributed by atoms with Crippen LogP contribution in [0.25, 0.3) is 17.2 Å². The summed E-state index contributed by atoms with van der Waals surface area (Å²) in [5.74, 6) is 1.13. The molecule has 1 aliphatic carbocycles. The average molecular weight is 351 g/mol. The highest BCUT2D eigenvalue weighted by Crippen LogP contribution is 2.25. The topological polar surface area (TPSA) is 92.1 Å². The van der Waals surface area contributed by atoms with Crippen molar-refractivity contribution in [1.29, 1.82) is 0 Å². The summed E-state index contributed by atoms with van der Waals surface area (Å²) in [5, 5.41) is 7.38. The van der Waals surface area contributed by atoms with E-state index < -0.39 is 0 Å². The molecule has 2 heterocycles. The maximum Gasteiger partial charge on any atom is 0.254 e. The van der Waals surface area contributed by atoms with E-state index in [0.717, 1.165) is 36.8 Å². The number of aromatic amines is 1. The molecular weight excluding hydrogens is 330 g/mol. The molecule has 0 spiro atoms. The zero-order valence-electron chi connectivity index (χ0n) is 14.7. The normalized spacial score (nSPS) is 15.3. The van der Waals surface area contributed by atoms with E-state index in [4.69, 9.17) is 0 Å². The van der Waals surface area contributed by atoms with Crippen molar-refractivity contribution < 1.29 is 4.79 Å². The average Bonchev–Trinajstić information content (AvgIpc) is 3.06. The van der Waals surface area contributed by atoms with Gasteiger partial charge in [0.1, 0.15) is 5.82 Å². The summed E-state index contributed by atoms with van der Waals surface area (Å²) in [7, 11) is 0. The summed E-state index contributed by atoms with van der Waals surface area (Å²) in [5.41, 5.74) is 1.61. The molecular formula is C19H21N5O2. The largest absolute Gasteiger partial charge is 0.310 e. The number of carbonyl (C=O) groups excluding carboxylic acids is 1. The van der Waals surface area contributed by atoms with E-state index in [2.05, 4.69) is 20.4 Å². The van der Waals surface area contributed by atoms with Gasteiger partial charge >= 0.3 is 0 Å². The van der Waals surface area contributed by atoms with Crippen LogP contribution < -0.4 is 10.9 Å². The quantitative estimate of drug-likeness (QED) is 0.759. The molecule has 134 valence electrons. The molecule has 0 saturated heterocycles. The molecule has 3 aromatic rings. The van der Waals surface area contributed by atoms with Gasteiger partial charge < -0.3 is 5.32 Å². The molecule has 0 bridgehead atoms. The van der Waals surface area contributed by atoms with E-state index in [9.17, 15) is 9.59 Å². The van der Waals surface area contributed by atoms with Crippen LogP contribution in [-0.2, 0) is 4.79 Å². The molecule has 1 saturated carbocycles. The third kappa shape index (κ3) is 3.12. The molecule has 1 aliphatic rings. The number of fused-ring (bicyclic) bond motifs is 1. The monoisotopic (exact) mass is 351 g/mol. The van der Waals surface area contributed by atoms with Crippen LogP contribution in [0.3, 0.4) is 0 Å². The number of H-pyrrole nitrogens is 1. The minimum absolute atomic E-state index is 0.00236. The van der Waals surface area contributed by atoms with Crippen molar-refractivity contribution in [1.82, 2.24) is 19.6 Å². The third-order valence-electron chi connectivity index (χ3n) is 4.95. The number of nitrogens with one attached hydrogen (secondary N) is 2. The molecule has 2 N–H and O–H groups in total. The first-order chi connectivity index (χ1) is 12.6. The van der Waals surface area contributed by atoms with Crippen molar-refractivity contribution in [2.45, 2.75) is 39.0 Å². The minimum Gasteiger partial charge on any atom is -0.310 e. The lowest BCUT2D eigenvalue weighted by Crippen LogP contribution is -2.27. The van der Waals surface area contributed by atoms with Gasteiger partial charge in [0.05, 0.1) is 0 Å². The predicted octanol–water partition coefficient (Wildman–Crippen LogP) is 2.91. The number of rotatable bonds is 3. The zero-order chi connectivity index (χ0) is 18.1. The number of hydrogen-bond donors (Lipinski definition) is 2. The molecule has 7 heteroatoms. The van der Waals surface area contributed by atoms with Gasteiger partial charge in [0, 0.05) is 17.5 Å².